The Hall–Kier alpha value is -3.20. The maximum Gasteiger partial charge on any atom is 0.301 e. The van der Waals surface area contributed by atoms with Crippen LogP contribution in [-0.2, 0) is 16.0 Å². The number of amides is 1. The zero-order valence-electron chi connectivity index (χ0n) is 18.9. The van der Waals surface area contributed by atoms with Gasteiger partial charge in [0, 0.05) is 21.5 Å². The van der Waals surface area contributed by atoms with E-state index in [1.165, 1.54) is 16.2 Å². The predicted octanol–water partition coefficient (Wildman–Crippen LogP) is 6.66. The zero-order valence-corrected chi connectivity index (χ0v) is 22.0. The van der Waals surface area contributed by atoms with E-state index in [2.05, 4.69) is 20.9 Å². The van der Waals surface area contributed by atoms with Crippen LogP contribution in [0, 0.1) is 0 Å². The standard InChI is InChI=1S/C27H18BrClN2O4S/c1-13-9-16-10-15(5-8-20(16)35-13)24(32)22-23(14-3-2-4-17(28)11-14)31(26(34)25(22)33)27-30-19-7-6-18(29)12-21(19)36-27/h2-8,10-13,23,32H,9H2,1H3/b24-22-. The van der Waals surface area contributed by atoms with Crippen molar-refractivity contribution in [1.82, 2.24) is 4.98 Å². The number of halogens is 2. The van der Waals surface area contributed by atoms with Crippen LogP contribution in [0.5, 0.6) is 5.75 Å². The van der Waals surface area contributed by atoms with Crippen LogP contribution in [0.2, 0.25) is 5.02 Å². The number of Topliss-reactive ketones (excluding diaryl/α,β-unsaturated/α-hetero) is 1. The molecule has 2 aliphatic heterocycles. The lowest BCUT2D eigenvalue weighted by Crippen LogP contribution is -2.29. The third-order valence-electron chi connectivity index (χ3n) is 6.32. The number of thiazole rings is 1. The quantitative estimate of drug-likeness (QED) is 0.166. The molecule has 0 bridgehead atoms. The van der Waals surface area contributed by atoms with Crippen LogP contribution in [0.15, 0.2) is 70.7 Å². The van der Waals surface area contributed by atoms with Gasteiger partial charge in [-0.3, -0.25) is 14.5 Å². The summed E-state index contributed by atoms with van der Waals surface area (Å²) in [6.45, 7) is 1.98. The van der Waals surface area contributed by atoms with Crippen LogP contribution in [-0.4, -0.2) is 27.9 Å². The second-order valence-corrected chi connectivity index (χ2v) is 11.1. The predicted molar refractivity (Wildman–Crippen MR) is 144 cm³/mol. The number of benzene rings is 3. The Morgan fingerprint density at radius 2 is 2.00 bits per heavy atom. The lowest BCUT2D eigenvalue weighted by atomic mass is 9.94. The number of anilines is 1. The fourth-order valence-corrected chi connectivity index (χ4v) is 6.42. The highest BCUT2D eigenvalue weighted by molar-refractivity contribution is 9.10. The minimum Gasteiger partial charge on any atom is -0.507 e. The lowest BCUT2D eigenvalue weighted by molar-refractivity contribution is -0.132. The molecule has 6 nitrogen and oxygen atoms in total. The summed E-state index contributed by atoms with van der Waals surface area (Å²) in [7, 11) is 0. The number of ketones is 1. The largest absolute Gasteiger partial charge is 0.507 e. The maximum absolute atomic E-state index is 13.4. The third-order valence-corrected chi connectivity index (χ3v) is 8.07. The van der Waals surface area contributed by atoms with E-state index >= 15 is 0 Å². The number of hydrogen-bond acceptors (Lipinski definition) is 6. The molecule has 3 heterocycles. The van der Waals surface area contributed by atoms with E-state index in [0.717, 1.165) is 20.5 Å². The summed E-state index contributed by atoms with van der Waals surface area (Å²) in [4.78, 5) is 32.9. The van der Waals surface area contributed by atoms with Crippen LogP contribution in [0.3, 0.4) is 0 Å². The third kappa shape index (κ3) is 3.80. The van der Waals surface area contributed by atoms with Crippen molar-refractivity contribution in [3.63, 3.8) is 0 Å². The Balaban J connectivity index is 1.54. The molecular formula is C27H18BrClN2O4S. The molecule has 2 unspecified atom stereocenters. The normalized spacial score (nSPS) is 20.7. The van der Waals surface area contributed by atoms with E-state index in [9.17, 15) is 14.7 Å². The SMILES string of the molecule is CC1Cc2cc(/C(O)=C3/C(=O)C(=O)N(c4nc5ccc(Cl)cc5s4)C3c3cccc(Br)c3)ccc2O1. The van der Waals surface area contributed by atoms with Gasteiger partial charge in [-0.2, -0.15) is 0 Å². The molecule has 0 radical (unpaired) electrons. The smallest absolute Gasteiger partial charge is 0.301 e. The maximum atomic E-state index is 13.4. The summed E-state index contributed by atoms with van der Waals surface area (Å²) in [5, 5.41) is 12.4. The monoisotopic (exact) mass is 580 g/mol. The number of ether oxygens (including phenoxy) is 1. The Kier molecular flexibility index (Phi) is 5.63. The molecule has 0 spiro atoms. The number of aliphatic hydroxyl groups is 1. The lowest BCUT2D eigenvalue weighted by Gasteiger charge is -2.23. The molecule has 4 aromatic rings. The minimum absolute atomic E-state index is 0.0160. The Morgan fingerprint density at radius 1 is 1.17 bits per heavy atom. The summed E-state index contributed by atoms with van der Waals surface area (Å²) in [5.74, 6) is -0.979. The molecule has 2 aliphatic rings. The fraction of sp³-hybridized carbons (Fsp3) is 0.148. The second-order valence-electron chi connectivity index (χ2n) is 8.79. The Labute approximate surface area is 223 Å². The minimum atomic E-state index is -0.859. The summed E-state index contributed by atoms with van der Waals surface area (Å²) >= 11 is 10.9. The number of aromatic nitrogens is 1. The number of nitrogens with zero attached hydrogens (tertiary/aromatic N) is 2. The molecule has 36 heavy (non-hydrogen) atoms. The van der Waals surface area contributed by atoms with Gasteiger partial charge in [-0.05, 0) is 66.6 Å². The van der Waals surface area contributed by atoms with Gasteiger partial charge in [-0.15, -0.1) is 0 Å². The molecule has 180 valence electrons. The molecule has 1 N–H and O–H groups in total. The van der Waals surface area contributed by atoms with Gasteiger partial charge in [0.2, 0.25) is 0 Å². The van der Waals surface area contributed by atoms with Gasteiger partial charge in [0.15, 0.2) is 5.13 Å². The molecule has 1 amide bonds. The first kappa shape index (κ1) is 23.2. The first-order valence-electron chi connectivity index (χ1n) is 11.2. The molecule has 0 aliphatic carbocycles. The molecule has 0 saturated carbocycles. The highest BCUT2D eigenvalue weighted by Gasteiger charge is 2.48. The average Bonchev–Trinajstić information content (AvgIpc) is 3.50. The van der Waals surface area contributed by atoms with Gasteiger partial charge in [-0.1, -0.05) is 51.0 Å². The van der Waals surface area contributed by atoms with Gasteiger partial charge in [0.1, 0.15) is 17.6 Å². The molecular weight excluding hydrogens is 564 g/mol. The average molecular weight is 582 g/mol. The summed E-state index contributed by atoms with van der Waals surface area (Å²) in [6.07, 6.45) is 0.742. The van der Waals surface area contributed by atoms with Crippen molar-refractivity contribution in [2.75, 3.05) is 4.90 Å². The Bertz CT molecular complexity index is 1610. The van der Waals surface area contributed by atoms with Gasteiger partial charge in [0.25, 0.3) is 5.78 Å². The summed E-state index contributed by atoms with van der Waals surface area (Å²) in [5.41, 5.74) is 2.76. The van der Waals surface area contributed by atoms with Crippen molar-refractivity contribution in [3.05, 3.63) is 92.4 Å². The van der Waals surface area contributed by atoms with E-state index < -0.39 is 17.7 Å². The summed E-state index contributed by atoms with van der Waals surface area (Å²) in [6, 6.07) is 17.1. The van der Waals surface area contributed by atoms with Crippen LogP contribution >= 0.6 is 38.9 Å². The Morgan fingerprint density at radius 3 is 2.81 bits per heavy atom. The highest BCUT2D eigenvalue weighted by atomic mass is 79.9. The second kappa shape index (κ2) is 8.73. The van der Waals surface area contributed by atoms with E-state index in [-0.39, 0.29) is 17.4 Å². The van der Waals surface area contributed by atoms with Crippen molar-refractivity contribution < 1.29 is 19.4 Å². The molecule has 6 rings (SSSR count). The van der Waals surface area contributed by atoms with Gasteiger partial charge >= 0.3 is 5.91 Å². The number of carbonyl (C=O) groups is 2. The number of aliphatic hydroxyl groups excluding tert-OH is 1. The summed E-state index contributed by atoms with van der Waals surface area (Å²) < 4.78 is 7.35. The number of fused-ring (bicyclic) bond motifs is 2. The first-order chi connectivity index (χ1) is 17.3. The van der Waals surface area contributed by atoms with Crippen LogP contribution < -0.4 is 9.64 Å². The molecule has 1 saturated heterocycles. The van der Waals surface area contributed by atoms with Crippen molar-refractivity contribution in [2.45, 2.75) is 25.5 Å². The van der Waals surface area contributed by atoms with Crippen molar-refractivity contribution in [3.8, 4) is 5.75 Å². The van der Waals surface area contributed by atoms with E-state index in [1.807, 2.05) is 37.3 Å². The zero-order chi connectivity index (χ0) is 25.1. The van der Waals surface area contributed by atoms with Gasteiger partial charge in [0.05, 0.1) is 21.8 Å². The fourth-order valence-electron chi connectivity index (χ4n) is 4.74. The number of carbonyl (C=O) groups excluding carboxylic acids is 2. The van der Waals surface area contributed by atoms with Crippen LogP contribution in [0.4, 0.5) is 5.13 Å². The van der Waals surface area contributed by atoms with Crippen molar-refractivity contribution >= 4 is 71.7 Å². The molecule has 1 aromatic heterocycles. The van der Waals surface area contributed by atoms with E-state index in [0.29, 0.717) is 33.2 Å². The molecule has 1 fully saturated rings. The van der Waals surface area contributed by atoms with Crippen molar-refractivity contribution in [1.29, 1.82) is 0 Å². The number of rotatable bonds is 3. The molecule has 9 heteroatoms. The highest BCUT2D eigenvalue weighted by Crippen LogP contribution is 2.45. The number of hydrogen-bond donors (Lipinski definition) is 1. The van der Waals surface area contributed by atoms with Gasteiger partial charge < -0.3 is 9.84 Å². The van der Waals surface area contributed by atoms with Crippen LogP contribution in [0.1, 0.15) is 29.7 Å². The topological polar surface area (TPSA) is 79.7 Å². The molecule has 2 atom stereocenters. The van der Waals surface area contributed by atoms with E-state index in [1.54, 1.807) is 30.3 Å². The van der Waals surface area contributed by atoms with Crippen molar-refractivity contribution in [2.24, 2.45) is 0 Å². The van der Waals surface area contributed by atoms with Crippen LogP contribution in [0.25, 0.3) is 16.0 Å². The van der Waals surface area contributed by atoms with Gasteiger partial charge in [-0.25, -0.2) is 4.98 Å². The molecule has 3 aromatic carbocycles. The first-order valence-corrected chi connectivity index (χ1v) is 13.2. The van der Waals surface area contributed by atoms with E-state index in [4.69, 9.17) is 16.3 Å².